The van der Waals surface area contributed by atoms with Crippen molar-refractivity contribution in [2.45, 2.75) is 45.4 Å². The summed E-state index contributed by atoms with van der Waals surface area (Å²) >= 11 is 1.64. The molecule has 31 heavy (non-hydrogen) atoms. The lowest BCUT2D eigenvalue weighted by Crippen LogP contribution is -2.15. The first kappa shape index (κ1) is 21.4. The first-order valence-electron chi connectivity index (χ1n) is 10.6. The monoisotopic (exact) mass is 442 g/mol. The molecular formula is C23H26N2O5S. The van der Waals surface area contributed by atoms with E-state index in [0.717, 1.165) is 35.9 Å². The number of fused-ring (bicyclic) bond motifs is 3. The Morgan fingerprint density at radius 3 is 2.74 bits per heavy atom. The Kier molecular flexibility index (Phi) is 6.56. The van der Waals surface area contributed by atoms with Gasteiger partial charge in [-0.2, -0.15) is 0 Å². The summed E-state index contributed by atoms with van der Waals surface area (Å²) in [6.45, 7) is 1.84. The lowest BCUT2D eigenvalue weighted by molar-refractivity contribution is -0.145. The van der Waals surface area contributed by atoms with E-state index in [2.05, 4.69) is 4.98 Å². The Morgan fingerprint density at radius 1 is 1.16 bits per heavy atom. The highest BCUT2D eigenvalue weighted by Gasteiger charge is 2.19. The summed E-state index contributed by atoms with van der Waals surface area (Å²) < 4.78 is 15.8. The number of hydrogen-bond acceptors (Lipinski definition) is 7. The molecule has 164 valence electrons. The van der Waals surface area contributed by atoms with Crippen molar-refractivity contribution in [1.82, 2.24) is 9.97 Å². The molecule has 0 fully saturated rings. The van der Waals surface area contributed by atoms with E-state index >= 15 is 0 Å². The van der Waals surface area contributed by atoms with Crippen LogP contribution in [0.25, 0.3) is 21.6 Å². The SMILES string of the molecule is CCOC(=O)COc1ccc(-c2nc3sc4c(c3c(=O)[nH]2)CCCCCC4)cc1OC. The number of aromatic nitrogens is 2. The normalized spacial score (nSPS) is 13.9. The number of ether oxygens (including phenoxy) is 3. The van der Waals surface area contributed by atoms with E-state index in [4.69, 9.17) is 19.2 Å². The van der Waals surface area contributed by atoms with Crippen molar-refractivity contribution in [1.29, 1.82) is 0 Å². The van der Waals surface area contributed by atoms with Gasteiger partial charge in [0.05, 0.1) is 19.1 Å². The number of esters is 1. The molecule has 0 atom stereocenters. The second kappa shape index (κ2) is 9.51. The van der Waals surface area contributed by atoms with Gasteiger partial charge in [-0.15, -0.1) is 11.3 Å². The predicted octanol–water partition coefficient (Wildman–Crippen LogP) is 4.26. The lowest BCUT2D eigenvalue weighted by atomic mass is 9.98. The Morgan fingerprint density at radius 2 is 1.97 bits per heavy atom. The highest BCUT2D eigenvalue weighted by molar-refractivity contribution is 7.18. The Labute approximate surface area is 184 Å². The van der Waals surface area contributed by atoms with Gasteiger partial charge in [0.15, 0.2) is 18.1 Å². The molecule has 1 aliphatic carbocycles. The maximum Gasteiger partial charge on any atom is 0.344 e. The minimum absolute atomic E-state index is 0.0975. The number of rotatable bonds is 6. The molecule has 0 spiro atoms. The van der Waals surface area contributed by atoms with Crippen LogP contribution in [0.2, 0.25) is 0 Å². The molecule has 0 amide bonds. The second-order valence-electron chi connectivity index (χ2n) is 7.47. The molecule has 0 unspecified atom stereocenters. The van der Waals surface area contributed by atoms with Gasteiger partial charge in [-0.1, -0.05) is 12.8 Å². The van der Waals surface area contributed by atoms with Crippen LogP contribution in [0.5, 0.6) is 11.5 Å². The average molecular weight is 443 g/mol. The molecule has 4 rings (SSSR count). The fraction of sp³-hybridized carbons (Fsp3) is 0.435. The Bertz CT molecular complexity index is 1150. The van der Waals surface area contributed by atoms with Gasteiger partial charge in [0.1, 0.15) is 10.7 Å². The number of aryl methyl sites for hydroxylation is 2. The Balaban J connectivity index is 1.66. The van der Waals surface area contributed by atoms with E-state index < -0.39 is 5.97 Å². The molecule has 3 aromatic rings. The number of methoxy groups -OCH3 is 1. The summed E-state index contributed by atoms with van der Waals surface area (Å²) in [5.74, 6) is 0.908. The minimum atomic E-state index is -0.446. The number of carbonyl (C=O) groups excluding carboxylic acids is 1. The molecule has 0 bridgehead atoms. The molecule has 7 nitrogen and oxygen atoms in total. The number of nitrogens with zero attached hydrogens (tertiary/aromatic N) is 1. The number of hydrogen-bond donors (Lipinski definition) is 1. The second-order valence-corrected chi connectivity index (χ2v) is 8.56. The predicted molar refractivity (Wildman–Crippen MR) is 120 cm³/mol. The molecule has 0 saturated heterocycles. The van der Waals surface area contributed by atoms with Crippen LogP contribution in [0, 0.1) is 0 Å². The molecular weight excluding hydrogens is 416 g/mol. The molecule has 1 aliphatic rings. The quantitative estimate of drug-likeness (QED) is 0.574. The van der Waals surface area contributed by atoms with Gasteiger partial charge in [0, 0.05) is 10.4 Å². The third kappa shape index (κ3) is 4.58. The first-order valence-corrected chi connectivity index (χ1v) is 11.4. The average Bonchev–Trinajstić information content (AvgIpc) is 3.09. The van der Waals surface area contributed by atoms with Crippen molar-refractivity contribution < 1.29 is 19.0 Å². The maximum absolute atomic E-state index is 13.0. The van der Waals surface area contributed by atoms with Crippen LogP contribution >= 0.6 is 11.3 Å². The van der Waals surface area contributed by atoms with Crippen LogP contribution in [-0.2, 0) is 22.4 Å². The zero-order valence-electron chi connectivity index (χ0n) is 17.8. The molecule has 2 aromatic heterocycles. The van der Waals surface area contributed by atoms with Crippen molar-refractivity contribution in [2.75, 3.05) is 20.3 Å². The summed E-state index contributed by atoms with van der Waals surface area (Å²) in [6, 6.07) is 5.23. The zero-order valence-corrected chi connectivity index (χ0v) is 18.6. The van der Waals surface area contributed by atoms with Crippen LogP contribution in [-0.4, -0.2) is 36.3 Å². The van der Waals surface area contributed by atoms with Crippen LogP contribution in [0.15, 0.2) is 23.0 Å². The molecule has 0 radical (unpaired) electrons. The van der Waals surface area contributed by atoms with Gasteiger partial charge >= 0.3 is 5.97 Å². The molecule has 0 saturated carbocycles. The number of thiophene rings is 1. The van der Waals surface area contributed by atoms with Gasteiger partial charge in [-0.25, -0.2) is 9.78 Å². The molecule has 1 aromatic carbocycles. The van der Waals surface area contributed by atoms with Gasteiger partial charge in [0.25, 0.3) is 5.56 Å². The standard InChI is InChI=1S/C23H26N2O5S/c1-3-29-19(26)13-30-16-11-10-14(12-17(16)28-2)21-24-22(27)20-15-8-6-4-5-7-9-18(15)31-23(20)25-21/h10-12H,3-9,13H2,1-2H3,(H,24,25,27). The van der Waals surface area contributed by atoms with Crippen molar-refractivity contribution in [3.63, 3.8) is 0 Å². The first-order chi connectivity index (χ1) is 15.1. The highest BCUT2D eigenvalue weighted by Crippen LogP contribution is 2.35. The van der Waals surface area contributed by atoms with Gasteiger partial charge < -0.3 is 19.2 Å². The summed E-state index contributed by atoms with van der Waals surface area (Å²) in [6.07, 6.45) is 6.70. The van der Waals surface area contributed by atoms with Crippen LogP contribution in [0.1, 0.15) is 43.0 Å². The van der Waals surface area contributed by atoms with Crippen molar-refractivity contribution >= 4 is 27.5 Å². The lowest BCUT2D eigenvalue weighted by Gasteiger charge is -2.12. The number of benzene rings is 1. The maximum atomic E-state index is 13.0. The van der Waals surface area contributed by atoms with E-state index in [1.165, 1.54) is 30.4 Å². The van der Waals surface area contributed by atoms with Gasteiger partial charge in [-0.05, 0) is 56.4 Å². The van der Waals surface area contributed by atoms with E-state index in [0.29, 0.717) is 29.5 Å². The van der Waals surface area contributed by atoms with Crippen LogP contribution in [0.3, 0.4) is 0 Å². The number of carbonyl (C=O) groups is 1. The smallest absolute Gasteiger partial charge is 0.344 e. The van der Waals surface area contributed by atoms with E-state index in [-0.39, 0.29) is 12.2 Å². The van der Waals surface area contributed by atoms with E-state index in [1.807, 2.05) is 0 Å². The fourth-order valence-corrected chi connectivity index (χ4v) is 5.19. The molecule has 2 heterocycles. The van der Waals surface area contributed by atoms with Crippen molar-refractivity contribution in [3.05, 3.63) is 39.0 Å². The van der Waals surface area contributed by atoms with Gasteiger partial charge in [-0.3, -0.25) is 4.79 Å². The Hall–Kier alpha value is -2.87. The third-order valence-electron chi connectivity index (χ3n) is 5.41. The number of nitrogens with one attached hydrogen (secondary N) is 1. The molecule has 0 aliphatic heterocycles. The zero-order chi connectivity index (χ0) is 21.8. The largest absolute Gasteiger partial charge is 0.493 e. The summed E-state index contributed by atoms with van der Waals surface area (Å²) in [7, 11) is 1.52. The van der Waals surface area contributed by atoms with Crippen LogP contribution < -0.4 is 15.0 Å². The minimum Gasteiger partial charge on any atom is -0.493 e. The van der Waals surface area contributed by atoms with Crippen LogP contribution in [0.4, 0.5) is 0 Å². The number of aromatic amines is 1. The molecule has 8 heteroatoms. The number of H-pyrrole nitrogens is 1. The summed E-state index contributed by atoms with van der Waals surface area (Å²) in [5.41, 5.74) is 1.79. The summed E-state index contributed by atoms with van der Waals surface area (Å²) in [5, 5.41) is 0.743. The van der Waals surface area contributed by atoms with Crippen molar-refractivity contribution in [3.8, 4) is 22.9 Å². The summed E-state index contributed by atoms with van der Waals surface area (Å²) in [4.78, 5) is 34.3. The van der Waals surface area contributed by atoms with Crippen molar-refractivity contribution in [2.24, 2.45) is 0 Å². The van der Waals surface area contributed by atoms with Gasteiger partial charge in [0.2, 0.25) is 0 Å². The molecule has 1 N–H and O–H groups in total. The topological polar surface area (TPSA) is 90.5 Å². The third-order valence-corrected chi connectivity index (χ3v) is 6.60. The van der Waals surface area contributed by atoms with E-state index in [1.54, 1.807) is 36.5 Å². The fourth-order valence-electron chi connectivity index (χ4n) is 3.93. The highest BCUT2D eigenvalue weighted by atomic mass is 32.1. The van der Waals surface area contributed by atoms with E-state index in [9.17, 15) is 9.59 Å².